The molecule has 4 atom stereocenters. The lowest BCUT2D eigenvalue weighted by molar-refractivity contribution is -0.127. The van der Waals surface area contributed by atoms with Gasteiger partial charge in [-0.05, 0) is 38.0 Å². The minimum atomic E-state index is 0.0247. The molecule has 132 valence electrons. The second-order valence-electron chi connectivity index (χ2n) is 7.36. The van der Waals surface area contributed by atoms with Crippen LogP contribution in [-0.4, -0.2) is 23.5 Å². The fourth-order valence-corrected chi connectivity index (χ4v) is 5.51. The van der Waals surface area contributed by atoms with Gasteiger partial charge < -0.3 is 11.1 Å². The minimum Gasteiger partial charge on any atom is -0.355 e. The number of nitrogens with zero attached hydrogens (tertiary/aromatic N) is 1. The summed E-state index contributed by atoms with van der Waals surface area (Å²) in [4.78, 5) is 18.5. The number of hydrogen-bond acceptors (Lipinski definition) is 4. The highest BCUT2D eigenvalue weighted by Gasteiger charge is 2.48. The van der Waals surface area contributed by atoms with Crippen molar-refractivity contribution < 1.29 is 4.79 Å². The smallest absolute Gasteiger partial charge is 0.224 e. The Morgan fingerprint density at radius 1 is 1.28 bits per heavy atom. The number of carbonyl (C=O) groups excluding carboxylic acids is 1. The van der Waals surface area contributed by atoms with Crippen molar-refractivity contribution in [2.24, 2.45) is 23.5 Å². The van der Waals surface area contributed by atoms with Crippen molar-refractivity contribution in [1.29, 1.82) is 0 Å². The van der Waals surface area contributed by atoms with Crippen LogP contribution in [0.5, 0.6) is 0 Å². The Kier molecular flexibility index (Phi) is 4.61. The number of hydrogen-bond donors (Lipinski definition) is 2. The van der Waals surface area contributed by atoms with Crippen LogP contribution in [0.25, 0.3) is 11.3 Å². The van der Waals surface area contributed by atoms with Crippen molar-refractivity contribution in [3.63, 3.8) is 0 Å². The normalized spacial score (nSPS) is 27.6. The van der Waals surface area contributed by atoms with Crippen molar-refractivity contribution in [3.8, 4) is 11.3 Å². The van der Waals surface area contributed by atoms with Gasteiger partial charge >= 0.3 is 0 Å². The van der Waals surface area contributed by atoms with Crippen LogP contribution in [0.15, 0.2) is 30.3 Å². The summed E-state index contributed by atoms with van der Waals surface area (Å²) in [5.41, 5.74) is 8.47. The van der Waals surface area contributed by atoms with Gasteiger partial charge in [-0.15, -0.1) is 11.3 Å². The van der Waals surface area contributed by atoms with Gasteiger partial charge in [0.05, 0.1) is 16.6 Å². The first-order chi connectivity index (χ1) is 12.1. The maximum Gasteiger partial charge on any atom is 0.224 e. The molecule has 4 nitrogen and oxygen atoms in total. The highest BCUT2D eigenvalue weighted by molar-refractivity contribution is 7.12. The highest BCUT2D eigenvalue weighted by atomic mass is 32.1. The summed E-state index contributed by atoms with van der Waals surface area (Å²) in [5, 5.41) is 4.18. The minimum absolute atomic E-state index is 0.0247. The van der Waals surface area contributed by atoms with E-state index in [1.54, 1.807) is 11.3 Å². The molecule has 25 heavy (non-hydrogen) atoms. The molecule has 1 aromatic heterocycles. The van der Waals surface area contributed by atoms with Crippen LogP contribution in [0.4, 0.5) is 0 Å². The van der Waals surface area contributed by atoms with Crippen LogP contribution in [0.2, 0.25) is 0 Å². The molecule has 1 heterocycles. The summed E-state index contributed by atoms with van der Waals surface area (Å²) >= 11 is 1.72. The van der Waals surface area contributed by atoms with Crippen molar-refractivity contribution >= 4 is 17.2 Å². The lowest BCUT2D eigenvalue weighted by atomic mass is 9.84. The van der Waals surface area contributed by atoms with Crippen LogP contribution < -0.4 is 11.1 Å². The van der Waals surface area contributed by atoms with Gasteiger partial charge in [0, 0.05) is 29.4 Å². The van der Waals surface area contributed by atoms with E-state index in [-0.39, 0.29) is 17.9 Å². The first kappa shape index (κ1) is 16.7. The fourth-order valence-electron chi connectivity index (χ4n) is 4.56. The molecule has 2 aromatic rings. The largest absolute Gasteiger partial charge is 0.355 e. The number of thiazole rings is 1. The van der Waals surface area contributed by atoms with E-state index in [2.05, 4.69) is 24.4 Å². The molecular formula is C20H25N3OS. The zero-order valence-corrected chi connectivity index (χ0v) is 15.4. The Morgan fingerprint density at radius 2 is 2.04 bits per heavy atom. The Labute approximate surface area is 152 Å². The summed E-state index contributed by atoms with van der Waals surface area (Å²) in [6, 6.07) is 10.3. The zero-order valence-electron chi connectivity index (χ0n) is 14.6. The predicted octanol–water partition coefficient (Wildman–Crippen LogP) is 3.15. The second kappa shape index (κ2) is 6.89. The van der Waals surface area contributed by atoms with Crippen LogP contribution in [-0.2, 0) is 11.2 Å². The standard InChI is InChI=1S/C20H25N3OS/c1-12-19(13-5-3-2-4-6-13)23-16(25-12)9-10-22-20(24)17-14-7-8-15(11-14)18(17)21/h2-6,14-15,17-18H,7-11,21H2,1H3,(H,22,24). The van der Waals surface area contributed by atoms with Crippen molar-refractivity contribution in [2.45, 2.75) is 38.6 Å². The van der Waals surface area contributed by atoms with E-state index in [0.717, 1.165) is 29.1 Å². The predicted molar refractivity (Wildman–Crippen MR) is 101 cm³/mol. The third-order valence-corrected chi connectivity index (χ3v) is 6.84. The Balaban J connectivity index is 1.34. The van der Waals surface area contributed by atoms with Crippen molar-refractivity contribution in [2.75, 3.05) is 6.54 Å². The molecule has 5 heteroatoms. The van der Waals surface area contributed by atoms with Crippen molar-refractivity contribution in [3.05, 3.63) is 40.2 Å². The van der Waals surface area contributed by atoms with E-state index in [1.165, 1.54) is 17.7 Å². The molecule has 1 amide bonds. The van der Waals surface area contributed by atoms with Crippen LogP contribution in [0.1, 0.15) is 29.1 Å². The molecule has 2 saturated carbocycles. The monoisotopic (exact) mass is 355 g/mol. The lowest BCUT2D eigenvalue weighted by Crippen LogP contribution is -2.45. The number of carbonyl (C=O) groups is 1. The molecular weight excluding hydrogens is 330 g/mol. The van der Waals surface area contributed by atoms with E-state index in [1.807, 2.05) is 18.2 Å². The molecule has 0 saturated heterocycles. The number of benzene rings is 1. The van der Waals surface area contributed by atoms with Gasteiger partial charge in [0.1, 0.15) is 0 Å². The van der Waals surface area contributed by atoms with E-state index in [9.17, 15) is 4.79 Å². The molecule has 1 aromatic carbocycles. The van der Waals surface area contributed by atoms with E-state index in [4.69, 9.17) is 10.7 Å². The Morgan fingerprint density at radius 3 is 2.76 bits per heavy atom. The molecule has 2 aliphatic carbocycles. The van der Waals surface area contributed by atoms with Gasteiger partial charge in [0.15, 0.2) is 0 Å². The lowest BCUT2D eigenvalue weighted by Gasteiger charge is -2.26. The van der Waals surface area contributed by atoms with Crippen molar-refractivity contribution in [1.82, 2.24) is 10.3 Å². The average molecular weight is 356 g/mol. The number of amides is 1. The van der Waals surface area contributed by atoms with Gasteiger partial charge in [-0.1, -0.05) is 30.3 Å². The summed E-state index contributed by atoms with van der Waals surface area (Å²) in [5.74, 6) is 1.25. The SMILES string of the molecule is Cc1sc(CCNC(=O)C2C3CCC(C3)C2N)nc1-c1ccccc1. The zero-order chi connectivity index (χ0) is 17.4. The molecule has 3 N–H and O–H groups in total. The second-order valence-corrected chi connectivity index (χ2v) is 8.64. The molecule has 0 aliphatic heterocycles. The molecule has 2 bridgehead atoms. The van der Waals surface area contributed by atoms with E-state index in [0.29, 0.717) is 18.4 Å². The first-order valence-corrected chi connectivity index (χ1v) is 10.00. The number of nitrogens with two attached hydrogens (primary N) is 1. The number of aryl methyl sites for hydroxylation is 1. The van der Waals surface area contributed by atoms with E-state index >= 15 is 0 Å². The molecule has 2 fully saturated rings. The third kappa shape index (κ3) is 3.23. The molecule has 4 unspecified atom stereocenters. The van der Waals surface area contributed by atoms with Gasteiger partial charge in [-0.2, -0.15) is 0 Å². The Bertz CT molecular complexity index is 756. The molecule has 4 rings (SSSR count). The summed E-state index contributed by atoms with van der Waals surface area (Å²) in [6.07, 6.45) is 4.30. The number of rotatable bonds is 5. The summed E-state index contributed by atoms with van der Waals surface area (Å²) < 4.78 is 0. The highest BCUT2D eigenvalue weighted by Crippen LogP contribution is 2.47. The molecule has 0 spiro atoms. The van der Waals surface area contributed by atoms with E-state index < -0.39 is 0 Å². The first-order valence-electron chi connectivity index (χ1n) is 9.18. The average Bonchev–Trinajstić information content (AvgIpc) is 3.30. The number of aromatic nitrogens is 1. The quantitative estimate of drug-likeness (QED) is 0.866. The summed E-state index contributed by atoms with van der Waals surface area (Å²) in [6.45, 7) is 2.75. The van der Waals surface area contributed by atoms with Crippen LogP contribution >= 0.6 is 11.3 Å². The Hall–Kier alpha value is -1.72. The van der Waals surface area contributed by atoms with Gasteiger partial charge in [0.2, 0.25) is 5.91 Å². The number of fused-ring (bicyclic) bond motifs is 2. The van der Waals surface area contributed by atoms with Crippen LogP contribution in [0, 0.1) is 24.7 Å². The topological polar surface area (TPSA) is 68.0 Å². The van der Waals surface area contributed by atoms with Gasteiger partial charge in [-0.3, -0.25) is 4.79 Å². The van der Waals surface area contributed by atoms with Gasteiger partial charge in [-0.25, -0.2) is 4.98 Å². The molecule has 2 aliphatic rings. The maximum atomic E-state index is 12.5. The van der Waals surface area contributed by atoms with Crippen LogP contribution in [0.3, 0.4) is 0 Å². The molecule has 0 radical (unpaired) electrons. The third-order valence-electron chi connectivity index (χ3n) is 5.81. The number of nitrogens with one attached hydrogen (secondary N) is 1. The fraction of sp³-hybridized carbons (Fsp3) is 0.500. The maximum absolute atomic E-state index is 12.5. The van der Waals surface area contributed by atoms with Gasteiger partial charge in [0.25, 0.3) is 0 Å². The summed E-state index contributed by atoms with van der Waals surface area (Å²) in [7, 11) is 0.